The number of H-pyrrole nitrogens is 1. The van der Waals surface area contributed by atoms with Gasteiger partial charge < -0.3 is 15.5 Å². The Kier molecular flexibility index (Phi) is 3.46. The number of primary amides is 1. The van der Waals surface area contributed by atoms with Gasteiger partial charge in [-0.15, -0.1) is 0 Å². The molecule has 0 spiro atoms. The first-order valence-electron chi connectivity index (χ1n) is 5.40. The first-order valence-corrected chi connectivity index (χ1v) is 5.40. The van der Waals surface area contributed by atoms with Gasteiger partial charge in [0, 0.05) is 10.9 Å². The Balaban J connectivity index is 2.00. The second-order valence-corrected chi connectivity index (χ2v) is 3.76. The van der Waals surface area contributed by atoms with E-state index in [4.69, 9.17) is 10.5 Å². The maximum absolute atomic E-state index is 11.7. The summed E-state index contributed by atoms with van der Waals surface area (Å²) in [5.41, 5.74) is 5.76. The Bertz CT molecular complexity index is 614. The van der Waals surface area contributed by atoms with E-state index in [1.165, 1.54) is 0 Å². The number of nitrogens with one attached hydrogen (secondary N) is 2. The molecule has 0 radical (unpaired) electrons. The summed E-state index contributed by atoms with van der Waals surface area (Å²) in [6.45, 7) is -0.572. The lowest BCUT2D eigenvalue weighted by atomic mass is 10.2. The fourth-order valence-electron chi connectivity index (χ4n) is 1.57. The number of benzene rings is 1. The summed E-state index contributed by atoms with van der Waals surface area (Å²) in [5.74, 6) is -1.47. The van der Waals surface area contributed by atoms with Gasteiger partial charge in [-0.2, -0.15) is 0 Å². The Hall–Kier alpha value is -2.83. The van der Waals surface area contributed by atoms with Crippen molar-refractivity contribution in [3.63, 3.8) is 0 Å². The number of hydrogen-bond donors (Lipinski definition) is 3. The van der Waals surface area contributed by atoms with E-state index in [0.29, 0.717) is 0 Å². The van der Waals surface area contributed by atoms with Crippen LogP contribution in [-0.4, -0.2) is 29.5 Å². The van der Waals surface area contributed by atoms with Gasteiger partial charge in [0.1, 0.15) is 5.69 Å². The van der Waals surface area contributed by atoms with Crippen LogP contribution in [-0.2, 0) is 9.53 Å². The summed E-state index contributed by atoms with van der Waals surface area (Å²) in [6, 6.07) is 7.93. The van der Waals surface area contributed by atoms with Crippen molar-refractivity contribution >= 4 is 28.8 Å². The van der Waals surface area contributed by atoms with Crippen LogP contribution in [0.1, 0.15) is 10.5 Å². The molecule has 0 fully saturated rings. The van der Waals surface area contributed by atoms with Gasteiger partial charge in [-0.05, 0) is 12.1 Å². The number of amides is 3. The molecule has 1 aromatic heterocycles. The summed E-state index contributed by atoms with van der Waals surface area (Å²) >= 11 is 0. The van der Waals surface area contributed by atoms with Crippen molar-refractivity contribution in [2.75, 3.05) is 6.61 Å². The smallest absolute Gasteiger partial charge is 0.355 e. The molecule has 7 heteroatoms. The van der Waals surface area contributed by atoms with Gasteiger partial charge in [0.2, 0.25) is 0 Å². The van der Waals surface area contributed by atoms with Crippen molar-refractivity contribution in [2.45, 2.75) is 0 Å². The molecule has 2 aromatic rings. The quantitative estimate of drug-likeness (QED) is 0.698. The number of rotatable bonds is 3. The molecule has 98 valence electrons. The lowest BCUT2D eigenvalue weighted by molar-refractivity contribution is -0.123. The molecular weight excluding hydrogens is 250 g/mol. The molecule has 0 saturated heterocycles. The van der Waals surface area contributed by atoms with Gasteiger partial charge in [0.15, 0.2) is 6.61 Å². The maximum atomic E-state index is 11.7. The third kappa shape index (κ3) is 3.09. The minimum Gasteiger partial charge on any atom is -0.451 e. The molecule has 19 heavy (non-hydrogen) atoms. The van der Waals surface area contributed by atoms with E-state index < -0.39 is 24.5 Å². The number of para-hydroxylation sites is 1. The van der Waals surface area contributed by atoms with E-state index >= 15 is 0 Å². The molecule has 0 aliphatic carbocycles. The first kappa shape index (κ1) is 12.6. The molecule has 7 nitrogen and oxygen atoms in total. The van der Waals surface area contributed by atoms with Crippen LogP contribution in [0.15, 0.2) is 30.3 Å². The number of ether oxygens (including phenoxy) is 1. The third-order valence-electron chi connectivity index (χ3n) is 2.35. The van der Waals surface area contributed by atoms with Gasteiger partial charge in [0.25, 0.3) is 5.91 Å². The average molecular weight is 261 g/mol. The zero-order valence-electron chi connectivity index (χ0n) is 9.80. The van der Waals surface area contributed by atoms with E-state index in [0.717, 1.165) is 10.9 Å². The summed E-state index contributed by atoms with van der Waals surface area (Å²) in [6.07, 6.45) is 0. The van der Waals surface area contributed by atoms with Crippen molar-refractivity contribution < 1.29 is 19.1 Å². The van der Waals surface area contributed by atoms with Crippen LogP contribution in [0, 0.1) is 0 Å². The highest BCUT2D eigenvalue weighted by Gasteiger charge is 2.13. The molecular formula is C12H11N3O4. The minimum atomic E-state index is -0.994. The van der Waals surface area contributed by atoms with Gasteiger partial charge >= 0.3 is 12.0 Å². The third-order valence-corrected chi connectivity index (χ3v) is 2.35. The van der Waals surface area contributed by atoms with E-state index in [2.05, 4.69) is 4.98 Å². The molecule has 0 bridgehead atoms. The summed E-state index contributed by atoms with van der Waals surface area (Å²) < 4.78 is 4.73. The molecule has 0 atom stereocenters. The van der Waals surface area contributed by atoms with Crippen molar-refractivity contribution in [2.24, 2.45) is 5.73 Å². The maximum Gasteiger partial charge on any atom is 0.355 e. The van der Waals surface area contributed by atoms with E-state index in [1.807, 2.05) is 24.3 Å². The Morgan fingerprint density at radius 3 is 2.68 bits per heavy atom. The number of urea groups is 1. The van der Waals surface area contributed by atoms with Crippen LogP contribution in [0.5, 0.6) is 0 Å². The average Bonchev–Trinajstić information content (AvgIpc) is 2.78. The van der Waals surface area contributed by atoms with Crippen LogP contribution in [0.25, 0.3) is 10.9 Å². The van der Waals surface area contributed by atoms with Crippen LogP contribution >= 0.6 is 0 Å². The molecule has 1 aromatic carbocycles. The normalized spacial score (nSPS) is 10.1. The lowest BCUT2D eigenvalue weighted by Crippen LogP contribution is -2.37. The zero-order chi connectivity index (χ0) is 13.8. The van der Waals surface area contributed by atoms with E-state index in [9.17, 15) is 14.4 Å². The Morgan fingerprint density at radius 2 is 2.00 bits per heavy atom. The topological polar surface area (TPSA) is 114 Å². The molecule has 1 heterocycles. The second-order valence-electron chi connectivity index (χ2n) is 3.76. The highest BCUT2D eigenvalue weighted by atomic mass is 16.5. The van der Waals surface area contributed by atoms with Crippen molar-refractivity contribution in [3.8, 4) is 0 Å². The summed E-state index contributed by atoms with van der Waals surface area (Å²) in [4.78, 5) is 36.0. The number of imide groups is 1. The number of carbonyl (C=O) groups is 3. The van der Waals surface area contributed by atoms with Gasteiger partial charge in [-0.3, -0.25) is 10.1 Å². The number of fused-ring (bicyclic) bond motifs is 1. The zero-order valence-corrected chi connectivity index (χ0v) is 9.80. The van der Waals surface area contributed by atoms with Crippen molar-refractivity contribution in [1.29, 1.82) is 0 Å². The molecule has 4 N–H and O–H groups in total. The molecule has 2 rings (SSSR count). The van der Waals surface area contributed by atoms with Crippen molar-refractivity contribution in [3.05, 3.63) is 36.0 Å². The van der Waals surface area contributed by atoms with Crippen LogP contribution in [0.2, 0.25) is 0 Å². The van der Waals surface area contributed by atoms with Crippen LogP contribution in [0.4, 0.5) is 4.79 Å². The second kappa shape index (κ2) is 5.21. The molecule has 3 amide bonds. The number of aromatic amines is 1. The van der Waals surface area contributed by atoms with Crippen LogP contribution in [0.3, 0.4) is 0 Å². The van der Waals surface area contributed by atoms with Crippen LogP contribution < -0.4 is 11.1 Å². The number of hydrogen-bond acceptors (Lipinski definition) is 4. The summed E-state index contributed by atoms with van der Waals surface area (Å²) in [5, 5.41) is 2.65. The van der Waals surface area contributed by atoms with Crippen molar-refractivity contribution in [1.82, 2.24) is 10.3 Å². The molecule has 0 aliphatic heterocycles. The van der Waals surface area contributed by atoms with E-state index in [1.54, 1.807) is 11.4 Å². The fourth-order valence-corrected chi connectivity index (χ4v) is 1.57. The SMILES string of the molecule is NC(=O)NC(=O)COC(=O)c1cc2ccccc2[nH]1. The predicted molar refractivity (Wildman–Crippen MR) is 66.3 cm³/mol. The van der Waals surface area contributed by atoms with Gasteiger partial charge in [-0.25, -0.2) is 9.59 Å². The van der Waals surface area contributed by atoms with E-state index in [-0.39, 0.29) is 5.69 Å². The molecule has 0 aliphatic rings. The number of nitrogens with two attached hydrogens (primary N) is 1. The predicted octanol–water partition coefficient (Wildman–Crippen LogP) is 0.520. The number of aromatic nitrogens is 1. The number of esters is 1. The Labute approximate surface area is 107 Å². The highest BCUT2D eigenvalue weighted by molar-refractivity contribution is 5.98. The lowest BCUT2D eigenvalue weighted by Gasteiger charge is -2.02. The summed E-state index contributed by atoms with van der Waals surface area (Å²) in [7, 11) is 0. The standard InChI is InChI=1S/C12H11N3O4/c13-12(18)15-10(16)6-19-11(17)9-5-7-3-1-2-4-8(7)14-9/h1-5,14H,6H2,(H3,13,15,16,18). The van der Waals surface area contributed by atoms with Gasteiger partial charge in [-0.1, -0.05) is 18.2 Å². The molecule has 0 saturated carbocycles. The minimum absolute atomic E-state index is 0.230. The monoisotopic (exact) mass is 261 g/mol. The number of carbonyl (C=O) groups excluding carboxylic acids is 3. The first-order chi connectivity index (χ1) is 9.06. The molecule has 0 unspecified atom stereocenters. The van der Waals surface area contributed by atoms with Gasteiger partial charge in [0.05, 0.1) is 0 Å². The fraction of sp³-hybridized carbons (Fsp3) is 0.0833. The largest absolute Gasteiger partial charge is 0.451 e. The Morgan fingerprint density at radius 1 is 1.26 bits per heavy atom. The highest BCUT2D eigenvalue weighted by Crippen LogP contribution is 2.15.